The number of hydrogen-bond acceptors (Lipinski definition) is 3. The van der Waals surface area contributed by atoms with E-state index in [4.69, 9.17) is 0 Å². The molecule has 8 atom stereocenters. The second-order valence-electron chi connectivity index (χ2n) is 11.4. The summed E-state index contributed by atoms with van der Waals surface area (Å²) in [6.45, 7) is 6.78. The summed E-state index contributed by atoms with van der Waals surface area (Å²) in [5.41, 5.74) is -0.259. The van der Waals surface area contributed by atoms with Gasteiger partial charge < -0.3 is 5.11 Å². The lowest BCUT2D eigenvalue weighted by atomic mass is 9.44. The van der Waals surface area contributed by atoms with E-state index >= 15 is 0 Å². The molecule has 4 aliphatic carbocycles. The summed E-state index contributed by atoms with van der Waals surface area (Å²) in [6.07, 6.45) is 10.1. The predicted molar refractivity (Wildman–Crippen MR) is 122 cm³/mol. The normalized spacial score (nSPS) is 47.4. The summed E-state index contributed by atoms with van der Waals surface area (Å²) < 4.78 is 0. The van der Waals surface area contributed by atoms with E-state index in [2.05, 4.69) is 25.7 Å². The fourth-order valence-electron chi connectivity index (χ4n) is 8.55. The van der Waals surface area contributed by atoms with Crippen molar-refractivity contribution in [3.05, 3.63) is 22.4 Å². The van der Waals surface area contributed by atoms with Crippen LogP contribution in [0.5, 0.6) is 0 Å². The monoisotopic (exact) mass is 424 g/mol. The van der Waals surface area contributed by atoms with Gasteiger partial charge in [-0.05, 0) is 111 Å². The minimum Gasteiger partial charge on any atom is -0.378 e. The van der Waals surface area contributed by atoms with Crippen molar-refractivity contribution >= 4 is 17.1 Å². The van der Waals surface area contributed by atoms with E-state index in [1.807, 2.05) is 24.4 Å². The van der Waals surface area contributed by atoms with Gasteiger partial charge in [-0.25, -0.2) is 0 Å². The van der Waals surface area contributed by atoms with E-state index in [0.29, 0.717) is 17.1 Å². The average Bonchev–Trinajstić information content (AvgIpc) is 3.34. The molecule has 5 rings (SSSR count). The molecule has 1 heterocycles. The van der Waals surface area contributed by atoms with Gasteiger partial charge in [0.05, 0.1) is 4.88 Å². The molecule has 0 spiro atoms. The number of fused-ring (bicyclic) bond motifs is 5. The molecule has 3 heteroatoms. The number of rotatable bonds is 1. The van der Waals surface area contributed by atoms with Gasteiger partial charge in [0, 0.05) is 5.92 Å². The maximum absolute atomic E-state index is 12.3. The van der Waals surface area contributed by atoms with E-state index in [0.717, 1.165) is 48.3 Å². The molecule has 0 aliphatic heterocycles. The Hall–Kier alpha value is -1.11. The van der Waals surface area contributed by atoms with Gasteiger partial charge in [0.2, 0.25) is 0 Å². The van der Waals surface area contributed by atoms with E-state index in [9.17, 15) is 9.90 Å². The maximum Gasteiger partial charge on any atom is 0.133 e. The molecule has 0 bridgehead atoms. The highest BCUT2D eigenvalue weighted by molar-refractivity contribution is 7.10. The van der Waals surface area contributed by atoms with Gasteiger partial charge in [0.1, 0.15) is 11.4 Å². The van der Waals surface area contributed by atoms with Crippen LogP contribution in [0.4, 0.5) is 0 Å². The maximum atomic E-state index is 12.3. The van der Waals surface area contributed by atoms with Gasteiger partial charge in [0.25, 0.3) is 0 Å². The number of Topliss-reactive ketones (excluding diaryl/α,β-unsaturated/α-hetero) is 1. The van der Waals surface area contributed by atoms with Crippen molar-refractivity contribution in [2.24, 2.45) is 40.4 Å². The highest BCUT2D eigenvalue weighted by Crippen LogP contribution is 2.68. The molecule has 0 saturated heterocycles. The highest BCUT2D eigenvalue weighted by Gasteiger charge is 2.61. The van der Waals surface area contributed by atoms with Crippen LogP contribution in [0.1, 0.15) is 83.4 Å². The van der Waals surface area contributed by atoms with E-state index in [1.165, 1.54) is 32.1 Å². The number of thiophene rings is 1. The standard InChI is InChI=1S/C27H36O2S/c1-18(28)22-8-9-23-21-7-6-19-17-27(29,13-10-20-5-4-16-30-20)15-14-25(19,2)24(21)11-12-26(22,23)3/h4-5,16,19,21-24,29H,6-9,11-12,14-15,17H2,1-3H3/t19-,21+,22-,23+,24+,25+,26-,27-/m1/s1. The number of ketones is 1. The number of carbonyl (C=O) groups is 1. The number of aliphatic hydroxyl groups is 1. The summed E-state index contributed by atoms with van der Waals surface area (Å²) in [5.74, 6) is 10.0. The first-order valence-corrected chi connectivity index (χ1v) is 12.9. The molecular weight excluding hydrogens is 388 g/mol. The molecule has 4 aliphatic rings. The topological polar surface area (TPSA) is 37.3 Å². The molecule has 30 heavy (non-hydrogen) atoms. The van der Waals surface area contributed by atoms with E-state index in [1.54, 1.807) is 11.3 Å². The molecular formula is C27H36O2S. The molecule has 4 saturated carbocycles. The quantitative estimate of drug-likeness (QED) is 0.555. The Morgan fingerprint density at radius 2 is 1.87 bits per heavy atom. The van der Waals surface area contributed by atoms with Gasteiger partial charge in [0.15, 0.2) is 0 Å². The number of carbonyl (C=O) groups excluding carboxylic acids is 1. The molecule has 0 aromatic carbocycles. The van der Waals surface area contributed by atoms with Crippen molar-refractivity contribution in [1.82, 2.24) is 0 Å². The van der Waals surface area contributed by atoms with Crippen LogP contribution in [-0.4, -0.2) is 16.5 Å². The summed E-state index contributed by atoms with van der Waals surface area (Å²) >= 11 is 1.65. The second-order valence-corrected chi connectivity index (χ2v) is 12.4. The Bertz CT molecular complexity index is 878. The first-order valence-electron chi connectivity index (χ1n) is 12.0. The fraction of sp³-hybridized carbons (Fsp3) is 0.741. The van der Waals surface area contributed by atoms with Gasteiger partial charge in [-0.2, -0.15) is 0 Å². The Labute approximate surface area is 185 Å². The molecule has 0 amide bonds. The van der Waals surface area contributed by atoms with Crippen LogP contribution in [0.25, 0.3) is 0 Å². The lowest BCUT2D eigenvalue weighted by Crippen LogP contribution is -2.56. The zero-order valence-corrected chi connectivity index (χ0v) is 19.6. The Morgan fingerprint density at radius 3 is 2.60 bits per heavy atom. The predicted octanol–water partition coefficient (Wildman–Crippen LogP) is 6.08. The van der Waals surface area contributed by atoms with E-state index in [-0.39, 0.29) is 11.3 Å². The van der Waals surface area contributed by atoms with Crippen molar-refractivity contribution in [2.75, 3.05) is 0 Å². The van der Waals surface area contributed by atoms with Crippen LogP contribution in [-0.2, 0) is 4.79 Å². The Kier molecular flexibility index (Phi) is 4.99. The van der Waals surface area contributed by atoms with Gasteiger partial charge in [-0.3, -0.25) is 4.79 Å². The Morgan fingerprint density at radius 1 is 1.07 bits per heavy atom. The van der Waals surface area contributed by atoms with Crippen LogP contribution < -0.4 is 0 Å². The highest BCUT2D eigenvalue weighted by atomic mass is 32.1. The Balaban J connectivity index is 1.36. The van der Waals surface area contributed by atoms with Crippen LogP contribution in [0, 0.1) is 52.3 Å². The smallest absolute Gasteiger partial charge is 0.133 e. The third-order valence-electron chi connectivity index (χ3n) is 10.2. The molecule has 1 aromatic rings. The van der Waals surface area contributed by atoms with Crippen molar-refractivity contribution < 1.29 is 9.90 Å². The molecule has 2 nitrogen and oxygen atoms in total. The molecule has 0 unspecified atom stereocenters. The van der Waals surface area contributed by atoms with Crippen LogP contribution >= 0.6 is 11.3 Å². The van der Waals surface area contributed by atoms with Crippen molar-refractivity contribution in [3.8, 4) is 11.8 Å². The minimum absolute atomic E-state index is 0.234. The van der Waals surface area contributed by atoms with Crippen LogP contribution in [0.15, 0.2) is 17.5 Å². The summed E-state index contributed by atoms with van der Waals surface area (Å²) in [6, 6.07) is 4.06. The van der Waals surface area contributed by atoms with Crippen molar-refractivity contribution in [2.45, 2.75) is 84.2 Å². The molecule has 0 radical (unpaired) electrons. The lowest BCUT2D eigenvalue weighted by molar-refractivity contribution is -0.144. The summed E-state index contributed by atoms with van der Waals surface area (Å²) in [7, 11) is 0. The van der Waals surface area contributed by atoms with Gasteiger partial charge in [-0.1, -0.05) is 31.8 Å². The second kappa shape index (κ2) is 7.21. The molecule has 4 fully saturated rings. The summed E-state index contributed by atoms with van der Waals surface area (Å²) in [4.78, 5) is 13.4. The van der Waals surface area contributed by atoms with E-state index < -0.39 is 5.60 Å². The first-order chi connectivity index (χ1) is 14.3. The molecule has 1 aromatic heterocycles. The van der Waals surface area contributed by atoms with Crippen molar-refractivity contribution in [3.63, 3.8) is 0 Å². The fourth-order valence-corrected chi connectivity index (χ4v) is 9.13. The zero-order chi connectivity index (χ0) is 21.1. The van der Waals surface area contributed by atoms with Crippen LogP contribution in [0.3, 0.4) is 0 Å². The summed E-state index contributed by atoms with van der Waals surface area (Å²) in [5, 5.41) is 13.3. The third-order valence-corrected chi connectivity index (χ3v) is 10.9. The van der Waals surface area contributed by atoms with Gasteiger partial charge >= 0.3 is 0 Å². The molecule has 1 N–H and O–H groups in total. The lowest BCUT2D eigenvalue weighted by Gasteiger charge is -2.61. The number of hydrogen-bond donors (Lipinski definition) is 1. The minimum atomic E-state index is -0.822. The third kappa shape index (κ3) is 3.13. The SMILES string of the molecule is CC(=O)[C@H]1CC[C@H]2[C@@H]3CC[C@@H]4C[C@@](O)(C#Cc5cccs5)CC[C@]4(C)[C@H]3CC[C@]12C. The zero-order valence-electron chi connectivity index (χ0n) is 18.7. The average molecular weight is 425 g/mol. The molecule has 162 valence electrons. The van der Waals surface area contributed by atoms with Gasteiger partial charge in [-0.15, -0.1) is 11.3 Å². The van der Waals surface area contributed by atoms with Crippen LogP contribution in [0.2, 0.25) is 0 Å². The van der Waals surface area contributed by atoms with Crippen molar-refractivity contribution in [1.29, 1.82) is 0 Å². The largest absolute Gasteiger partial charge is 0.378 e. The first kappa shape index (κ1) is 20.8.